The van der Waals surface area contributed by atoms with Crippen molar-refractivity contribution in [2.45, 2.75) is 0 Å². The van der Waals surface area contributed by atoms with Crippen molar-refractivity contribution in [1.82, 2.24) is 15.0 Å². The van der Waals surface area contributed by atoms with Gasteiger partial charge in [-0.1, -0.05) is 36.4 Å². The minimum absolute atomic E-state index is 0.136. The van der Waals surface area contributed by atoms with Crippen LogP contribution in [0.4, 0.5) is 0 Å². The van der Waals surface area contributed by atoms with Gasteiger partial charge in [-0.05, 0) is 18.2 Å². The molecule has 0 radical (unpaired) electrons. The molecule has 6 nitrogen and oxygen atoms in total. The van der Waals surface area contributed by atoms with Crippen LogP contribution in [0.2, 0.25) is 0 Å². The Balaban J connectivity index is 1.40. The molecule has 0 saturated heterocycles. The number of carbonyl (C=O) groups excluding carboxylic acids is 1. The largest absolute Gasteiger partial charge is 0.481 e. The predicted molar refractivity (Wildman–Crippen MR) is 106 cm³/mol. The number of hydrazone groups is 1. The number of pyridine rings is 1. The molecule has 0 bridgehead atoms. The number of aromatic nitrogens is 2. The van der Waals surface area contributed by atoms with Crippen molar-refractivity contribution < 1.29 is 9.53 Å². The zero-order valence-corrected chi connectivity index (χ0v) is 14.8. The first-order valence-electron chi connectivity index (χ1n) is 8.55. The summed E-state index contributed by atoms with van der Waals surface area (Å²) in [4.78, 5) is 16.3. The molecule has 0 aliphatic heterocycles. The van der Waals surface area contributed by atoms with Crippen molar-refractivity contribution in [1.29, 1.82) is 0 Å². The standard InChI is InChI=1S/C21H18N4O2/c1-25-13-16(17-8-2-3-9-18(17)25)12-23-24-20(26)14-27-19-10-4-6-15-7-5-11-22-21(15)19/h2-13H,14H2,1H3,(H,24,26)/b23-12+. The molecule has 4 rings (SSSR count). The summed E-state index contributed by atoms with van der Waals surface area (Å²) in [5.41, 5.74) is 5.27. The number of nitrogens with one attached hydrogen (secondary N) is 1. The highest BCUT2D eigenvalue weighted by molar-refractivity contribution is 5.99. The van der Waals surface area contributed by atoms with E-state index in [4.69, 9.17) is 4.74 Å². The van der Waals surface area contributed by atoms with Crippen LogP contribution in [0.25, 0.3) is 21.8 Å². The number of hydrogen-bond donors (Lipinski definition) is 1. The molecule has 6 heteroatoms. The van der Waals surface area contributed by atoms with E-state index in [1.807, 2.05) is 66.3 Å². The van der Waals surface area contributed by atoms with E-state index in [1.54, 1.807) is 18.5 Å². The van der Waals surface area contributed by atoms with E-state index in [2.05, 4.69) is 15.5 Å². The first-order chi connectivity index (χ1) is 13.2. The molecule has 2 heterocycles. The molecular formula is C21H18N4O2. The number of hydrogen-bond acceptors (Lipinski definition) is 4. The van der Waals surface area contributed by atoms with Crippen molar-refractivity contribution >= 4 is 33.9 Å². The van der Waals surface area contributed by atoms with Crippen LogP contribution >= 0.6 is 0 Å². The normalized spacial score (nSPS) is 11.3. The van der Waals surface area contributed by atoms with Gasteiger partial charge in [-0.25, -0.2) is 5.43 Å². The van der Waals surface area contributed by atoms with E-state index >= 15 is 0 Å². The van der Waals surface area contributed by atoms with Gasteiger partial charge in [0.1, 0.15) is 11.3 Å². The molecular weight excluding hydrogens is 340 g/mol. The Morgan fingerprint density at radius 1 is 1.19 bits per heavy atom. The maximum Gasteiger partial charge on any atom is 0.277 e. The quantitative estimate of drug-likeness (QED) is 0.440. The average Bonchev–Trinajstić information content (AvgIpc) is 3.02. The molecule has 0 aliphatic rings. The lowest BCUT2D eigenvalue weighted by Gasteiger charge is -2.07. The minimum Gasteiger partial charge on any atom is -0.481 e. The zero-order valence-electron chi connectivity index (χ0n) is 14.8. The van der Waals surface area contributed by atoms with Gasteiger partial charge < -0.3 is 9.30 Å². The van der Waals surface area contributed by atoms with Crippen molar-refractivity contribution in [3.63, 3.8) is 0 Å². The van der Waals surface area contributed by atoms with Gasteiger partial charge in [-0.3, -0.25) is 9.78 Å². The van der Waals surface area contributed by atoms with Gasteiger partial charge in [0, 0.05) is 41.3 Å². The molecule has 1 amide bonds. The van der Waals surface area contributed by atoms with Gasteiger partial charge in [0.15, 0.2) is 6.61 Å². The van der Waals surface area contributed by atoms with Gasteiger partial charge in [0.25, 0.3) is 5.91 Å². The maximum absolute atomic E-state index is 12.0. The molecule has 0 saturated carbocycles. The third kappa shape index (κ3) is 3.50. The van der Waals surface area contributed by atoms with Gasteiger partial charge >= 0.3 is 0 Å². The van der Waals surface area contributed by atoms with Gasteiger partial charge in [0.2, 0.25) is 0 Å². The predicted octanol–water partition coefficient (Wildman–Crippen LogP) is 3.26. The Kier molecular flexibility index (Phi) is 4.53. The first-order valence-corrected chi connectivity index (χ1v) is 8.55. The molecule has 2 aromatic heterocycles. The van der Waals surface area contributed by atoms with Crippen molar-refractivity contribution in [2.75, 3.05) is 6.61 Å². The molecule has 0 unspecified atom stereocenters. The van der Waals surface area contributed by atoms with E-state index in [9.17, 15) is 4.79 Å². The smallest absolute Gasteiger partial charge is 0.277 e. The first kappa shape index (κ1) is 16.8. The van der Waals surface area contributed by atoms with Crippen LogP contribution in [-0.4, -0.2) is 28.3 Å². The zero-order chi connectivity index (χ0) is 18.6. The molecule has 2 aromatic carbocycles. The van der Waals surface area contributed by atoms with Crippen LogP contribution in [0.1, 0.15) is 5.56 Å². The number of nitrogens with zero attached hydrogens (tertiary/aromatic N) is 3. The van der Waals surface area contributed by atoms with E-state index in [-0.39, 0.29) is 12.5 Å². The highest BCUT2D eigenvalue weighted by Crippen LogP contribution is 2.22. The third-order valence-corrected chi connectivity index (χ3v) is 4.28. The van der Waals surface area contributed by atoms with E-state index in [0.717, 1.165) is 27.4 Å². The Hall–Kier alpha value is -3.67. The number of ether oxygens (including phenoxy) is 1. The second-order valence-corrected chi connectivity index (χ2v) is 6.13. The van der Waals surface area contributed by atoms with Gasteiger partial charge in [-0.2, -0.15) is 5.10 Å². The van der Waals surface area contributed by atoms with Crippen LogP contribution in [0.15, 0.2) is 72.1 Å². The topological polar surface area (TPSA) is 68.5 Å². The van der Waals surface area contributed by atoms with E-state index < -0.39 is 0 Å². The summed E-state index contributed by atoms with van der Waals surface area (Å²) in [5.74, 6) is 0.237. The fourth-order valence-corrected chi connectivity index (χ4v) is 3.02. The molecule has 27 heavy (non-hydrogen) atoms. The number of amides is 1. The van der Waals surface area contributed by atoms with Gasteiger partial charge in [0.05, 0.1) is 6.21 Å². The summed E-state index contributed by atoms with van der Waals surface area (Å²) < 4.78 is 7.63. The SMILES string of the molecule is Cn1cc(/C=N/NC(=O)COc2cccc3cccnc23)c2ccccc21. The molecule has 0 aliphatic carbocycles. The fourth-order valence-electron chi connectivity index (χ4n) is 3.02. The molecule has 0 spiro atoms. The average molecular weight is 358 g/mol. The van der Waals surface area contributed by atoms with Crippen LogP contribution in [0.5, 0.6) is 5.75 Å². The third-order valence-electron chi connectivity index (χ3n) is 4.28. The maximum atomic E-state index is 12.0. The monoisotopic (exact) mass is 358 g/mol. The lowest BCUT2D eigenvalue weighted by molar-refractivity contribution is -0.123. The number of rotatable bonds is 5. The fraction of sp³-hybridized carbons (Fsp3) is 0.0952. The number of aryl methyl sites for hydroxylation is 1. The number of fused-ring (bicyclic) bond motifs is 2. The summed E-state index contributed by atoms with van der Waals surface area (Å²) in [5, 5.41) is 6.09. The summed E-state index contributed by atoms with van der Waals surface area (Å²) in [6.45, 7) is -0.136. The summed E-state index contributed by atoms with van der Waals surface area (Å²) in [7, 11) is 1.98. The van der Waals surface area contributed by atoms with Gasteiger partial charge in [-0.15, -0.1) is 0 Å². The van der Waals surface area contributed by atoms with Crippen molar-refractivity contribution in [2.24, 2.45) is 12.1 Å². The van der Waals surface area contributed by atoms with Crippen LogP contribution in [0.3, 0.4) is 0 Å². The van der Waals surface area contributed by atoms with Crippen molar-refractivity contribution in [3.8, 4) is 5.75 Å². The molecule has 0 fully saturated rings. The molecule has 134 valence electrons. The molecule has 4 aromatic rings. The lowest BCUT2D eigenvalue weighted by Crippen LogP contribution is -2.24. The number of carbonyl (C=O) groups is 1. The Morgan fingerprint density at radius 3 is 2.96 bits per heavy atom. The second kappa shape index (κ2) is 7.29. The second-order valence-electron chi connectivity index (χ2n) is 6.13. The lowest BCUT2D eigenvalue weighted by atomic mass is 10.2. The summed E-state index contributed by atoms with van der Waals surface area (Å²) in [6.07, 6.45) is 5.31. The molecule has 0 atom stereocenters. The number of benzene rings is 2. The number of para-hydroxylation sites is 2. The van der Waals surface area contributed by atoms with E-state index in [0.29, 0.717) is 5.75 Å². The van der Waals surface area contributed by atoms with Crippen LogP contribution < -0.4 is 10.2 Å². The highest BCUT2D eigenvalue weighted by Gasteiger charge is 2.07. The van der Waals surface area contributed by atoms with Crippen LogP contribution in [0, 0.1) is 0 Å². The Bertz CT molecular complexity index is 1140. The van der Waals surface area contributed by atoms with Crippen LogP contribution in [-0.2, 0) is 11.8 Å². The Morgan fingerprint density at radius 2 is 2.04 bits per heavy atom. The Labute approximate surface area is 156 Å². The highest BCUT2D eigenvalue weighted by atomic mass is 16.5. The van der Waals surface area contributed by atoms with E-state index in [1.165, 1.54) is 0 Å². The van der Waals surface area contributed by atoms with Crippen molar-refractivity contribution in [3.05, 3.63) is 72.6 Å². The minimum atomic E-state index is -0.334. The molecule has 1 N–H and O–H groups in total. The summed E-state index contributed by atoms with van der Waals surface area (Å²) >= 11 is 0. The summed E-state index contributed by atoms with van der Waals surface area (Å²) in [6, 6.07) is 17.5.